The van der Waals surface area contributed by atoms with Crippen LogP contribution in [0.4, 0.5) is 0 Å². The molecule has 1 unspecified atom stereocenters. The molecule has 0 radical (unpaired) electrons. The molecule has 0 saturated carbocycles. The highest BCUT2D eigenvalue weighted by molar-refractivity contribution is 5.95. The molecule has 3 heteroatoms. The molecule has 0 aliphatic carbocycles. The monoisotopic (exact) mass is 128 g/mol. The Labute approximate surface area is 53.0 Å². The first-order valence-corrected chi connectivity index (χ1v) is 2.52. The number of aliphatic hydroxyl groups is 1. The van der Waals surface area contributed by atoms with Crippen LogP contribution >= 0.6 is 0 Å². The first-order chi connectivity index (χ1) is 4.18. The van der Waals surface area contributed by atoms with E-state index in [1.54, 1.807) is 0 Å². The van der Waals surface area contributed by atoms with Crippen molar-refractivity contribution in [1.82, 2.24) is 0 Å². The summed E-state index contributed by atoms with van der Waals surface area (Å²) in [4.78, 5) is 20.0. The van der Waals surface area contributed by atoms with Gasteiger partial charge in [0.05, 0.1) is 0 Å². The summed E-state index contributed by atoms with van der Waals surface area (Å²) in [5.74, 6) is -0.456. The maximum Gasteiger partial charge on any atom is 0.183 e. The minimum Gasteiger partial charge on any atom is -0.385 e. The molecule has 50 valence electrons. The van der Waals surface area contributed by atoms with Crippen LogP contribution in [0.25, 0.3) is 0 Å². The van der Waals surface area contributed by atoms with Gasteiger partial charge in [0.2, 0.25) is 0 Å². The second-order valence-electron chi connectivity index (χ2n) is 1.57. The molecule has 0 aromatic carbocycles. The maximum atomic E-state index is 10.4. The number of allylic oxidation sites excluding steroid dienone is 1. The van der Waals surface area contributed by atoms with Gasteiger partial charge in [-0.3, -0.25) is 9.59 Å². The number of hydrogen-bond acceptors (Lipinski definition) is 3. The Kier molecular flexibility index (Phi) is 3.55. The number of aldehydes is 1. The van der Waals surface area contributed by atoms with Gasteiger partial charge in [-0.25, -0.2) is 0 Å². The molecule has 9 heavy (non-hydrogen) atoms. The number of hydrogen-bond donors (Lipinski definition) is 1. The lowest BCUT2D eigenvalue weighted by Gasteiger charge is -1.93. The molecule has 0 bridgehead atoms. The van der Waals surface area contributed by atoms with E-state index in [-0.39, 0.29) is 0 Å². The van der Waals surface area contributed by atoms with Gasteiger partial charge in [-0.2, -0.15) is 0 Å². The summed E-state index contributed by atoms with van der Waals surface area (Å²) in [7, 11) is 0. The summed E-state index contributed by atoms with van der Waals surface area (Å²) in [5, 5.41) is 8.53. The summed E-state index contributed by atoms with van der Waals surface area (Å²) >= 11 is 0. The first kappa shape index (κ1) is 8.04. The lowest BCUT2D eigenvalue weighted by atomic mass is 10.2. The normalized spacial score (nSPS) is 13.6. The Bertz CT molecular complexity index is 135. The van der Waals surface area contributed by atoms with Crippen molar-refractivity contribution in [3.63, 3.8) is 0 Å². The summed E-state index contributed by atoms with van der Waals surface area (Å²) in [5.41, 5.74) is 0. The van der Waals surface area contributed by atoms with E-state index in [2.05, 4.69) is 0 Å². The molecule has 0 spiro atoms. The molecule has 0 amide bonds. The SMILES string of the molecule is CC(O)C(=O)/C=C\C=O. The van der Waals surface area contributed by atoms with Crippen molar-refractivity contribution in [2.75, 3.05) is 0 Å². The molecule has 0 heterocycles. The van der Waals surface area contributed by atoms with Gasteiger partial charge >= 0.3 is 0 Å². The van der Waals surface area contributed by atoms with E-state index < -0.39 is 11.9 Å². The standard InChI is InChI=1S/C6H8O3/c1-5(8)6(9)3-2-4-7/h2-5,8H,1H3/b3-2-. The molecule has 1 N–H and O–H groups in total. The first-order valence-electron chi connectivity index (χ1n) is 2.52. The van der Waals surface area contributed by atoms with Gasteiger partial charge in [-0.15, -0.1) is 0 Å². The third-order valence-electron chi connectivity index (χ3n) is 0.751. The van der Waals surface area contributed by atoms with Crippen LogP contribution in [-0.4, -0.2) is 23.3 Å². The van der Waals surface area contributed by atoms with E-state index in [0.717, 1.165) is 12.2 Å². The molecular weight excluding hydrogens is 120 g/mol. The van der Waals surface area contributed by atoms with Crippen LogP contribution in [0.2, 0.25) is 0 Å². The van der Waals surface area contributed by atoms with Crippen molar-refractivity contribution in [2.24, 2.45) is 0 Å². The average Bonchev–Trinajstić information content (AvgIpc) is 1.82. The second-order valence-corrected chi connectivity index (χ2v) is 1.57. The minimum atomic E-state index is -1.01. The smallest absolute Gasteiger partial charge is 0.183 e. The van der Waals surface area contributed by atoms with Crippen molar-refractivity contribution in [3.8, 4) is 0 Å². The zero-order chi connectivity index (χ0) is 7.28. The van der Waals surface area contributed by atoms with E-state index in [0.29, 0.717) is 6.29 Å². The van der Waals surface area contributed by atoms with Gasteiger partial charge in [0.15, 0.2) is 5.78 Å². The fraction of sp³-hybridized carbons (Fsp3) is 0.333. The Morgan fingerprint density at radius 3 is 2.56 bits per heavy atom. The van der Waals surface area contributed by atoms with Gasteiger partial charge in [0.25, 0.3) is 0 Å². The summed E-state index contributed by atoms with van der Waals surface area (Å²) in [6, 6.07) is 0. The minimum absolute atomic E-state index is 0.456. The van der Waals surface area contributed by atoms with Crippen molar-refractivity contribution in [1.29, 1.82) is 0 Å². The van der Waals surface area contributed by atoms with Gasteiger partial charge in [-0.1, -0.05) is 0 Å². The summed E-state index contributed by atoms with van der Waals surface area (Å²) in [6.07, 6.45) is 1.56. The Morgan fingerprint density at radius 1 is 1.67 bits per heavy atom. The number of aliphatic hydroxyl groups excluding tert-OH is 1. The highest BCUT2D eigenvalue weighted by Crippen LogP contribution is 1.83. The average molecular weight is 128 g/mol. The van der Waals surface area contributed by atoms with Crippen molar-refractivity contribution in [3.05, 3.63) is 12.2 Å². The molecular formula is C6H8O3. The lowest BCUT2D eigenvalue weighted by Crippen LogP contribution is -2.12. The van der Waals surface area contributed by atoms with Gasteiger partial charge in [0, 0.05) is 0 Å². The number of ketones is 1. The molecule has 0 aromatic rings. The maximum absolute atomic E-state index is 10.4. The molecule has 0 rings (SSSR count). The fourth-order valence-electron chi connectivity index (χ4n) is 0.273. The molecule has 1 atom stereocenters. The fourth-order valence-corrected chi connectivity index (χ4v) is 0.273. The third kappa shape index (κ3) is 3.61. The highest BCUT2D eigenvalue weighted by atomic mass is 16.3. The predicted molar refractivity (Wildman–Crippen MR) is 31.9 cm³/mol. The van der Waals surface area contributed by atoms with E-state index in [4.69, 9.17) is 5.11 Å². The highest BCUT2D eigenvalue weighted by Gasteiger charge is 2.01. The van der Waals surface area contributed by atoms with Crippen LogP contribution in [-0.2, 0) is 9.59 Å². The van der Waals surface area contributed by atoms with Gasteiger partial charge in [0.1, 0.15) is 12.4 Å². The number of rotatable bonds is 3. The van der Waals surface area contributed by atoms with E-state index >= 15 is 0 Å². The summed E-state index contributed by atoms with van der Waals surface area (Å²) < 4.78 is 0. The molecule has 0 fully saturated rings. The Balaban J connectivity index is 3.76. The second kappa shape index (κ2) is 3.97. The summed E-state index contributed by atoms with van der Waals surface area (Å²) in [6.45, 7) is 1.34. The van der Waals surface area contributed by atoms with Crippen LogP contribution in [0.1, 0.15) is 6.92 Å². The molecule has 0 aliphatic heterocycles. The van der Waals surface area contributed by atoms with Crippen LogP contribution in [0.3, 0.4) is 0 Å². The van der Waals surface area contributed by atoms with Gasteiger partial charge in [-0.05, 0) is 19.1 Å². The van der Waals surface area contributed by atoms with Gasteiger partial charge < -0.3 is 5.11 Å². The predicted octanol–water partition coefficient (Wildman–Crippen LogP) is -0.309. The van der Waals surface area contributed by atoms with E-state index in [1.165, 1.54) is 6.92 Å². The van der Waals surface area contributed by atoms with E-state index in [9.17, 15) is 9.59 Å². The van der Waals surface area contributed by atoms with Crippen molar-refractivity contribution >= 4 is 12.1 Å². The Hall–Kier alpha value is -0.960. The van der Waals surface area contributed by atoms with Crippen molar-refractivity contribution in [2.45, 2.75) is 13.0 Å². The van der Waals surface area contributed by atoms with Crippen LogP contribution in [0.5, 0.6) is 0 Å². The largest absolute Gasteiger partial charge is 0.385 e. The zero-order valence-electron chi connectivity index (χ0n) is 5.07. The third-order valence-corrected chi connectivity index (χ3v) is 0.751. The van der Waals surface area contributed by atoms with Crippen LogP contribution < -0.4 is 0 Å². The number of carbonyl (C=O) groups is 2. The Morgan fingerprint density at radius 2 is 2.22 bits per heavy atom. The molecule has 0 aromatic heterocycles. The van der Waals surface area contributed by atoms with Crippen molar-refractivity contribution < 1.29 is 14.7 Å². The lowest BCUT2D eigenvalue weighted by molar-refractivity contribution is -0.121. The zero-order valence-corrected chi connectivity index (χ0v) is 5.07. The van der Waals surface area contributed by atoms with Crippen LogP contribution in [0.15, 0.2) is 12.2 Å². The van der Waals surface area contributed by atoms with Crippen LogP contribution in [0, 0.1) is 0 Å². The molecule has 0 aliphatic rings. The van der Waals surface area contributed by atoms with E-state index in [1.807, 2.05) is 0 Å². The number of carbonyl (C=O) groups excluding carboxylic acids is 2. The molecule has 0 saturated heterocycles. The molecule has 3 nitrogen and oxygen atoms in total. The topological polar surface area (TPSA) is 54.4 Å². The quantitative estimate of drug-likeness (QED) is 0.419.